The largest absolute Gasteiger partial charge is 0.489 e. The number of aromatic nitrogens is 1. The van der Waals surface area contributed by atoms with Crippen LogP contribution in [-0.2, 0) is 9.53 Å². The van der Waals surface area contributed by atoms with Crippen LogP contribution in [0.15, 0.2) is 24.0 Å². The highest BCUT2D eigenvalue weighted by molar-refractivity contribution is 5.74. The summed E-state index contributed by atoms with van der Waals surface area (Å²) in [6.45, 7) is -0.0919. The number of likely N-dealkylation sites (N-methyl/N-ethyl adjacent to an activating group) is 1. The second-order valence-electron chi connectivity index (χ2n) is 7.70. The Kier molecular flexibility index (Phi) is 5.83. The molecule has 0 aromatic carbocycles. The number of aliphatic carboxylic acids is 1. The fourth-order valence-corrected chi connectivity index (χ4v) is 3.83. The van der Waals surface area contributed by atoms with Gasteiger partial charge in [0, 0.05) is 21.1 Å². The molecule has 158 valence electrons. The number of hydrazine groups is 1. The van der Waals surface area contributed by atoms with E-state index in [0.29, 0.717) is 22.8 Å². The number of carboxylic acid groups (broad SMARTS) is 1. The Balaban J connectivity index is 1.61. The number of hydrogen-bond donors (Lipinski definition) is 3. The van der Waals surface area contributed by atoms with Crippen LogP contribution in [0.25, 0.3) is 5.70 Å². The molecule has 2 fully saturated rings. The van der Waals surface area contributed by atoms with Gasteiger partial charge in [-0.2, -0.15) is 0 Å². The van der Waals surface area contributed by atoms with Crippen LogP contribution in [0.4, 0.5) is 4.79 Å². The van der Waals surface area contributed by atoms with Gasteiger partial charge in [0.1, 0.15) is 12.4 Å². The fraction of sp³-hybridized carbons (Fsp3) is 0.526. The van der Waals surface area contributed by atoms with Gasteiger partial charge in [-0.25, -0.2) is 10.6 Å². The van der Waals surface area contributed by atoms with Crippen molar-refractivity contribution >= 4 is 17.8 Å². The molecule has 2 aliphatic carbocycles. The van der Waals surface area contributed by atoms with Crippen LogP contribution in [0, 0.1) is 17.8 Å². The van der Waals surface area contributed by atoms with Crippen molar-refractivity contribution < 1.29 is 24.2 Å². The Labute approximate surface area is 169 Å². The average Bonchev–Trinajstić information content (AvgIpc) is 3.18. The van der Waals surface area contributed by atoms with E-state index >= 15 is 0 Å². The SMILES string of the molecule is CN(C)C(=O)OC/C(=C(/N)c1ccc(OC2CC3C(C2)C3C(=O)O)cn1)N(C)N. The molecule has 1 heterocycles. The number of fused-ring (bicyclic) bond motifs is 1. The van der Waals surface area contributed by atoms with Crippen molar-refractivity contribution in [3.05, 3.63) is 29.7 Å². The highest BCUT2D eigenvalue weighted by atomic mass is 16.6. The summed E-state index contributed by atoms with van der Waals surface area (Å²) < 4.78 is 11.1. The number of rotatable bonds is 7. The molecular formula is C19H27N5O5. The second-order valence-corrected chi connectivity index (χ2v) is 7.70. The lowest BCUT2D eigenvalue weighted by Crippen LogP contribution is -2.32. The summed E-state index contributed by atoms with van der Waals surface area (Å²) in [6, 6.07) is 3.46. The monoisotopic (exact) mass is 405 g/mol. The third kappa shape index (κ3) is 4.53. The van der Waals surface area contributed by atoms with E-state index in [9.17, 15) is 9.59 Å². The van der Waals surface area contributed by atoms with E-state index in [1.165, 1.54) is 9.91 Å². The zero-order chi connectivity index (χ0) is 21.3. The lowest BCUT2D eigenvalue weighted by Gasteiger charge is -2.21. The Morgan fingerprint density at radius 2 is 1.90 bits per heavy atom. The number of amides is 1. The Bertz CT molecular complexity index is 796. The zero-order valence-electron chi connectivity index (χ0n) is 16.7. The summed E-state index contributed by atoms with van der Waals surface area (Å²) in [5.74, 6) is 5.98. The van der Waals surface area contributed by atoms with E-state index in [2.05, 4.69) is 4.98 Å². The van der Waals surface area contributed by atoms with Gasteiger partial charge >= 0.3 is 12.1 Å². The van der Waals surface area contributed by atoms with Crippen LogP contribution in [-0.4, -0.2) is 65.9 Å². The summed E-state index contributed by atoms with van der Waals surface area (Å²) in [6.07, 6.45) is 2.59. The van der Waals surface area contributed by atoms with Gasteiger partial charge in [0.15, 0.2) is 0 Å². The molecule has 3 rings (SSSR count). The first-order valence-electron chi connectivity index (χ1n) is 9.36. The first kappa shape index (κ1) is 20.7. The smallest absolute Gasteiger partial charge is 0.409 e. The maximum atomic E-state index is 11.6. The number of ether oxygens (including phenoxy) is 2. The molecule has 0 aliphatic heterocycles. The number of carbonyl (C=O) groups is 2. The van der Waals surface area contributed by atoms with Gasteiger partial charge in [-0.15, -0.1) is 0 Å². The molecule has 10 heteroatoms. The molecule has 2 aliphatic rings. The fourth-order valence-electron chi connectivity index (χ4n) is 3.83. The summed E-state index contributed by atoms with van der Waals surface area (Å²) in [7, 11) is 4.76. The van der Waals surface area contributed by atoms with Crippen molar-refractivity contribution in [2.75, 3.05) is 27.7 Å². The molecule has 2 saturated carbocycles. The standard InChI is InChI=1S/C19H27N5O5/c1-23(2)19(27)28-9-15(24(3)21)17(20)14-5-4-10(8-22-14)29-11-6-12-13(7-11)16(12)18(25)26/h4-5,8,11-13,16H,6-7,9,20-21H2,1-3H3,(H,25,26)/b17-15-. The minimum Gasteiger partial charge on any atom is -0.489 e. The Hall–Kier alpha value is -3.01. The number of nitrogens with zero attached hydrogens (tertiary/aromatic N) is 3. The van der Waals surface area contributed by atoms with Crippen LogP contribution >= 0.6 is 0 Å². The molecular weight excluding hydrogens is 378 g/mol. The molecule has 0 radical (unpaired) electrons. The maximum Gasteiger partial charge on any atom is 0.409 e. The van der Waals surface area contributed by atoms with Crippen molar-refractivity contribution in [1.29, 1.82) is 0 Å². The normalized spacial score (nSPS) is 25.5. The van der Waals surface area contributed by atoms with E-state index in [1.807, 2.05) is 0 Å². The number of carboxylic acids is 1. The van der Waals surface area contributed by atoms with E-state index in [0.717, 1.165) is 12.8 Å². The van der Waals surface area contributed by atoms with Crippen molar-refractivity contribution in [3.63, 3.8) is 0 Å². The van der Waals surface area contributed by atoms with Crippen LogP contribution in [0.2, 0.25) is 0 Å². The molecule has 1 aromatic rings. The van der Waals surface area contributed by atoms with Crippen molar-refractivity contribution in [2.24, 2.45) is 29.3 Å². The van der Waals surface area contributed by atoms with E-state index in [4.69, 9.17) is 26.2 Å². The van der Waals surface area contributed by atoms with Gasteiger partial charge in [0.25, 0.3) is 0 Å². The van der Waals surface area contributed by atoms with Gasteiger partial charge < -0.3 is 30.2 Å². The van der Waals surface area contributed by atoms with Crippen LogP contribution in [0.5, 0.6) is 5.75 Å². The van der Waals surface area contributed by atoms with Crippen LogP contribution in [0.3, 0.4) is 0 Å². The molecule has 2 atom stereocenters. The molecule has 0 spiro atoms. The minimum absolute atomic E-state index is 0.0114. The molecule has 1 aromatic heterocycles. The highest BCUT2D eigenvalue weighted by Gasteiger charge is 2.60. The molecule has 29 heavy (non-hydrogen) atoms. The zero-order valence-corrected chi connectivity index (χ0v) is 16.7. The number of pyridine rings is 1. The van der Waals surface area contributed by atoms with Crippen molar-refractivity contribution in [2.45, 2.75) is 18.9 Å². The minimum atomic E-state index is -0.705. The van der Waals surface area contributed by atoms with Crippen LogP contribution in [0.1, 0.15) is 18.5 Å². The van der Waals surface area contributed by atoms with Crippen molar-refractivity contribution in [1.82, 2.24) is 14.9 Å². The second kappa shape index (κ2) is 8.16. The highest BCUT2D eigenvalue weighted by Crippen LogP contribution is 2.58. The predicted molar refractivity (Wildman–Crippen MR) is 104 cm³/mol. The summed E-state index contributed by atoms with van der Waals surface area (Å²) >= 11 is 0. The van der Waals surface area contributed by atoms with Gasteiger partial charge in [-0.1, -0.05) is 0 Å². The van der Waals surface area contributed by atoms with Gasteiger partial charge in [0.05, 0.1) is 35.3 Å². The summed E-state index contributed by atoms with van der Waals surface area (Å²) in [5, 5.41) is 10.4. The van der Waals surface area contributed by atoms with Gasteiger partial charge in [0.2, 0.25) is 0 Å². The molecule has 10 nitrogen and oxygen atoms in total. The first-order chi connectivity index (χ1) is 13.7. The Morgan fingerprint density at radius 3 is 2.38 bits per heavy atom. The third-order valence-electron chi connectivity index (χ3n) is 5.44. The van der Waals surface area contributed by atoms with Gasteiger partial charge in [-0.05, 0) is 36.8 Å². The summed E-state index contributed by atoms with van der Waals surface area (Å²) in [5.41, 5.74) is 7.36. The van der Waals surface area contributed by atoms with E-state index < -0.39 is 12.1 Å². The van der Waals surface area contributed by atoms with E-state index in [-0.39, 0.29) is 30.5 Å². The summed E-state index contributed by atoms with van der Waals surface area (Å²) in [4.78, 5) is 28.3. The number of carbonyl (C=O) groups excluding carboxylic acids is 1. The lowest BCUT2D eigenvalue weighted by molar-refractivity contribution is -0.139. The average molecular weight is 405 g/mol. The molecule has 1 amide bonds. The lowest BCUT2D eigenvalue weighted by atomic mass is 10.1. The van der Waals surface area contributed by atoms with Gasteiger partial charge in [-0.3, -0.25) is 9.78 Å². The molecule has 5 N–H and O–H groups in total. The Morgan fingerprint density at radius 1 is 1.24 bits per heavy atom. The maximum absolute atomic E-state index is 11.6. The molecule has 2 unspecified atom stereocenters. The topological polar surface area (TPSA) is 144 Å². The molecule has 0 bridgehead atoms. The van der Waals surface area contributed by atoms with Crippen LogP contribution < -0.4 is 16.3 Å². The number of hydrogen-bond acceptors (Lipinski definition) is 8. The predicted octanol–water partition coefficient (Wildman–Crippen LogP) is 0.701. The molecule has 0 saturated heterocycles. The quantitative estimate of drug-likeness (QED) is 0.441. The first-order valence-corrected chi connectivity index (χ1v) is 9.36. The number of nitrogens with two attached hydrogens (primary N) is 2. The van der Waals surface area contributed by atoms with E-state index in [1.54, 1.807) is 39.5 Å². The van der Waals surface area contributed by atoms with Crippen molar-refractivity contribution in [3.8, 4) is 5.75 Å². The third-order valence-corrected chi connectivity index (χ3v) is 5.44.